The number of allylic oxidation sites excluding steroid dienone is 6. The van der Waals surface area contributed by atoms with Crippen molar-refractivity contribution in [2.45, 2.75) is 34.2 Å². The van der Waals surface area contributed by atoms with Crippen LogP contribution in [0.4, 0.5) is 0 Å². The topological polar surface area (TPSA) is 61.0 Å². The lowest BCUT2D eigenvalue weighted by atomic mass is 10.2. The van der Waals surface area contributed by atoms with Crippen molar-refractivity contribution in [3.63, 3.8) is 0 Å². The van der Waals surface area contributed by atoms with Gasteiger partial charge >= 0.3 is 0 Å². The van der Waals surface area contributed by atoms with Crippen molar-refractivity contribution < 1.29 is 4.79 Å². The van der Waals surface area contributed by atoms with Crippen LogP contribution in [0, 0.1) is 12.8 Å². The molecule has 1 aromatic heterocycles. The zero-order valence-corrected chi connectivity index (χ0v) is 24.8. The van der Waals surface area contributed by atoms with Crippen molar-refractivity contribution in [2.75, 3.05) is 66.5 Å². The summed E-state index contributed by atoms with van der Waals surface area (Å²) >= 11 is 5.32. The molecule has 0 unspecified atom stereocenters. The molecule has 3 heterocycles. The molecule has 37 heavy (non-hydrogen) atoms. The largest absolute Gasteiger partial charge is 0.371 e. The Bertz CT molecular complexity index is 881. The Balaban J connectivity index is 0.00000127. The number of carbonyl (C=O) groups is 1. The number of hydrogen-bond donors (Lipinski definition) is 1. The van der Waals surface area contributed by atoms with Gasteiger partial charge in [0.05, 0.1) is 0 Å². The van der Waals surface area contributed by atoms with Gasteiger partial charge in [0.15, 0.2) is 0 Å². The first-order valence-corrected chi connectivity index (χ1v) is 13.2. The molecule has 0 bridgehead atoms. The van der Waals surface area contributed by atoms with Crippen LogP contribution in [-0.4, -0.2) is 96.5 Å². The number of rotatable bonds is 5. The van der Waals surface area contributed by atoms with E-state index in [2.05, 4.69) is 71.7 Å². The molecule has 0 saturated carbocycles. The van der Waals surface area contributed by atoms with Crippen molar-refractivity contribution in [1.29, 1.82) is 0 Å². The van der Waals surface area contributed by atoms with Gasteiger partial charge in [-0.1, -0.05) is 29.8 Å². The Labute approximate surface area is 231 Å². The second kappa shape index (κ2) is 19.6. The average Bonchev–Trinajstić information content (AvgIpc) is 3.30. The summed E-state index contributed by atoms with van der Waals surface area (Å²) in [4.78, 5) is 22.2. The molecule has 3 rings (SSSR count). The molecule has 2 saturated heterocycles. The van der Waals surface area contributed by atoms with Gasteiger partial charge in [0.1, 0.15) is 5.69 Å². The van der Waals surface area contributed by atoms with E-state index in [4.69, 9.17) is 11.6 Å². The quantitative estimate of drug-likeness (QED) is 0.459. The minimum absolute atomic E-state index is 0.155. The Morgan fingerprint density at radius 2 is 1.49 bits per heavy atom. The van der Waals surface area contributed by atoms with E-state index < -0.39 is 0 Å². The smallest absolute Gasteiger partial charge is 0.270 e. The molecule has 208 valence electrons. The standard InChI is InChI=1S/C22H35N5O.C4H7Cl.C2H2.CH5N/c1-5-6-7-19(2)26-12-14-27(15-13-26)22(28)21-16-20(17-24(21)4)18-25-10-8-23(3)9-11-25;1-3-4(2)5;2*1-2/h5-7,16-17H,8-15,18H2,1-4H3;3H,1-2H3;1-2H;2H2,1H3/b6-5-,19-7+;4-3+;;. The number of terminal acetylenes is 1. The number of halogens is 1. The number of piperazine rings is 2. The molecule has 1 amide bonds. The monoisotopic (exact) mass is 532 g/mol. The zero-order valence-electron chi connectivity index (χ0n) is 24.1. The third-order valence-corrected chi connectivity index (χ3v) is 6.49. The Morgan fingerprint density at radius 1 is 0.973 bits per heavy atom. The first-order chi connectivity index (χ1) is 17.7. The maximum atomic E-state index is 13.1. The van der Waals surface area contributed by atoms with Crippen LogP contribution < -0.4 is 5.73 Å². The van der Waals surface area contributed by atoms with E-state index in [9.17, 15) is 4.79 Å². The number of amides is 1. The predicted molar refractivity (Wildman–Crippen MR) is 160 cm³/mol. The molecule has 1 aromatic rings. The third kappa shape index (κ3) is 12.5. The normalized spacial score (nSPS) is 17.3. The van der Waals surface area contributed by atoms with Gasteiger partial charge < -0.3 is 25.0 Å². The molecule has 0 radical (unpaired) electrons. The summed E-state index contributed by atoms with van der Waals surface area (Å²) in [6, 6.07) is 2.09. The Hall–Kier alpha value is -2.50. The Morgan fingerprint density at radius 3 is 1.97 bits per heavy atom. The maximum absolute atomic E-state index is 13.1. The van der Waals surface area contributed by atoms with E-state index in [1.807, 2.05) is 49.4 Å². The van der Waals surface area contributed by atoms with Crippen molar-refractivity contribution in [3.05, 3.63) is 58.6 Å². The molecule has 2 N–H and O–H groups in total. The predicted octanol–water partition coefficient (Wildman–Crippen LogP) is 3.98. The lowest BCUT2D eigenvalue weighted by Gasteiger charge is -2.36. The molecule has 2 aliphatic rings. The number of carbonyl (C=O) groups excluding carboxylic acids is 1. The van der Waals surface area contributed by atoms with E-state index in [0.717, 1.165) is 69.6 Å². The van der Waals surface area contributed by atoms with Gasteiger partial charge in [-0.05, 0) is 59.5 Å². The van der Waals surface area contributed by atoms with Gasteiger partial charge in [0, 0.05) is 82.9 Å². The Kier molecular flexibility index (Phi) is 18.3. The van der Waals surface area contributed by atoms with Crippen LogP contribution >= 0.6 is 11.6 Å². The lowest BCUT2D eigenvalue weighted by Crippen LogP contribution is -2.48. The van der Waals surface area contributed by atoms with E-state index >= 15 is 0 Å². The van der Waals surface area contributed by atoms with E-state index in [0.29, 0.717) is 0 Å². The maximum Gasteiger partial charge on any atom is 0.270 e. The fourth-order valence-electron chi connectivity index (χ4n) is 3.96. The fourth-order valence-corrected chi connectivity index (χ4v) is 3.96. The van der Waals surface area contributed by atoms with Gasteiger partial charge in [-0.2, -0.15) is 0 Å². The van der Waals surface area contributed by atoms with Crippen molar-refractivity contribution >= 4 is 17.5 Å². The number of aryl methyl sites for hydroxylation is 1. The van der Waals surface area contributed by atoms with E-state index in [-0.39, 0.29) is 5.91 Å². The van der Waals surface area contributed by atoms with Crippen LogP contribution in [0.15, 0.2) is 47.3 Å². The number of likely N-dealkylation sites (N-methyl/N-ethyl adjacent to an activating group) is 1. The summed E-state index contributed by atoms with van der Waals surface area (Å²) in [5.41, 5.74) is 7.80. The SMILES string of the molecule is C#C.C/C=C(\C)Cl.C/C=C\C=C(/C)N1CCN(C(=O)c2cc(CN3CCN(C)CC3)cn2C)CC1.CN. The second-order valence-electron chi connectivity index (χ2n) is 8.91. The van der Waals surface area contributed by atoms with E-state index in [1.54, 1.807) is 0 Å². The minimum Gasteiger partial charge on any atom is -0.371 e. The first-order valence-electron chi connectivity index (χ1n) is 12.8. The molecule has 8 heteroatoms. The average molecular weight is 533 g/mol. The molecule has 0 aromatic carbocycles. The lowest BCUT2D eigenvalue weighted by molar-refractivity contribution is 0.0660. The summed E-state index contributed by atoms with van der Waals surface area (Å²) in [5.74, 6) is 0.155. The molecular weight excluding hydrogens is 484 g/mol. The number of nitrogens with two attached hydrogens (primary N) is 1. The second-order valence-corrected chi connectivity index (χ2v) is 9.51. The van der Waals surface area contributed by atoms with Gasteiger partial charge in [-0.15, -0.1) is 12.8 Å². The van der Waals surface area contributed by atoms with Crippen molar-refractivity contribution in [1.82, 2.24) is 24.2 Å². The number of aromatic nitrogens is 1. The summed E-state index contributed by atoms with van der Waals surface area (Å²) in [7, 11) is 5.66. The minimum atomic E-state index is 0.155. The summed E-state index contributed by atoms with van der Waals surface area (Å²) in [6.07, 6.45) is 18.2. The third-order valence-electron chi connectivity index (χ3n) is 6.28. The highest BCUT2D eigenvalue weighted by Gasteiger charge is 2.24. The van der Waals surface area contributed by atoms with Crippen LogP contribution in [-0.2, 0) is 13.6 Å². The first kappa shape index (κ1) is 34.5. The summed E-state index contributed by atoms with van der Waals surface area (Å²) in [6.45, 7) is 16.6. The molecule has 2 aliphatic heterocycles. The molecule has 2 fully saturated rings. The van der Waals surface area contributed by atoms with Crippen LogP contribution in [0.5, 0.6) is 0 Å². The van der Waals surface area contributed by atoms with Gasteiger partial charge in [-0.3, -0.25) is 9.69 Å². The number of hydrogen-bond acceptors (Lipinski definition) is 5. The van der Waals surface area contributed by atoms with Crippen molar-refractivity contribution in [2.24, 2.45) is 12.8 Å². The van der Waals surface area contributed by atoms with Gasteiger partial charge in [0.25, 0.3) is 5.91 Å². The van der Waals surface area contributed by atoms with Crippen LogP contribution in [0.2, 0.25) is 0 Å². The molecule has 0 spiro atoms. The van der Waals surface area contributed by atoms with Crippen LogP contribution in [0.3, 0.4) is 0 Å². The molecular formula is C29H49ClN6O. The highest BCUT2D eigenvalue weighted by molar-refractivity contribution is 6.29. The molecule has 0 aliphatic carbocycles. The molecule has 0 atom stereocenters. The summed E-state index contributed by atoms with van der Waals surface area (Å²) < 4.78 is 2.00. The fraction of sp³-hybridized carbons (Fsp3) is 0.552. The zero-order chi connectivity index (χ0) is 28.4. The van der Waals surface area contributed by atoms with E-state index in [1.165, 1.54) is 18.3 Å². The van der Waals surface area contributed by atoms with Gasteiger partial charge in [0.2, 0.25) is 0 Å². The highest BCUT2D eigenvalue weighted by atomic mass is 35.5. The highest BCUT2D eigenvalue weighted by Crippen LogP contribution is 2.16. The number of nitrogens with zero attached hydrogens (tertiary/aromatic N) is 5. The molecule has 7 nitrogen and oxygen atoms in total. The van der Waals surface area contributed by atoms with Crippen LogP contribution in [0.1, 0.15) is 43.7 Å². The van der Waals surface area contributed by atoms with Gasteiger partial charge in [-0.25, -0.2) is 0 Å². The summed E-state index contributed by atoms with van der Waals surface area (Å²) in [5, 5.41) is 0.852. The van der Waals surface area contributed by atoms with Crippen molar-refractivity contribution in [3.8, 4) is 12.8 Å². The van der Waals surface area contributed by atoms with Crippen LogP contribution in [0.25, 0.3) is 0 Å².